The molecule has 1 atom stereocenters. The smallest absolute Gasteiger partial charge is 0.345 e. The van der Waals surface area contributed by atoms with Gasteiger partial charge in [0.05, 0.1) is 6.54 Å². The van der Waals surface area contributed by atoms with E-state index in [0.717, 1.165) is 17.9 Å². The minimum atomic E-state index is -0.474. The third-order valence-corrected chi connectivity index (χ3v) is 4.13. The number of aromatic nitrogens is 2. The summed E-state index contributed by atoms with van der Waals surface area (Å²) in [6.45, 7) is 5.23. The summed E-state index contributed by atoms with van der Waals surface area (Å²) >= 11 is 0. The Morgan fingerprint density at radius 1 is 1.36 bits per heavy atom. The Balaban J connectivity index is 1.67. The van der Waals surface area contributed by atoms with Crippen molar-refractivity contribution < 1.29 is 9.53 Å². The number of ether oxygens (including phenoxy) is 1. The fourth-order valence-electron chi connectivity index (χ4n) is 3.03. The lowest BCUT2D eigenvalue weighted by atomic mass is 10.1. The number of nitrogens with zero attached hydrogens (tertiary/aromatic N) is 2. The molecule has 25 heavy (non-hydrogen) atoms. The molecule has 0 radical (unpaired) electrons. The van der Waals surface area contributed by atoms with Gasteiger partial charge in [0.15, 0.2) is 0 Å². The van der Waals surface area contributed by atoms with Crippen LogP contribution < -0.4 is 10.4 Å². The van der Waals surface area contributed by atoms with Gasteiger partial charge in [-0.15, -0.1) is 0 Å². The van der Waals surface area contributed by atoms with Crippen LogP contribution in [0.4, 0.5) is 0 Å². The number of likely N-dealkylation sites (tertiary alicyclic amines) is 1. The lowest BCUT2D eigenvalue weighted by Gasteiger charge is -2.17. The predicted octanol–water partition coefficient (Wildman–Crippen LogP) is 2.26. The molecule has 0 aliphatic carbocycles. The fourth-order valence-corrected chi connectivity index (χ4v) is 3.03. The highest BCUT2D eigenvalue weighted by molar-refractivity contribution is 5.92. The molecule has 0 bridgehead atoms. The molecule has 6 heteroatoms. The lowest BCUT2D eigenvalue weighted by Crippen LogP contribution is -2.33. The van der Waals surface area contributed by atoms with Crippen molar-refractivity contribution in [3.8, 4) is 5.75 Å². The van der Waals surface area contributed by atoms with Crippen LogP contribution in [-0.2, 0) is 6.42 Å². The van der Waals surface area contributed by atoms with Crippen LogP contribution in [-0.4, -0.2) is 40.0 Å². The molecule has 3 rings (SSSR count). The monoisotopic (exact) mass is 341 g/mol. The van der Waals surface area contributed by atoms with E-state index >= 15 is 0 Å². The molecular weight excluding hydrogens is 318 g/mol. The summed E-state index contributed by atoms with van der Waals surface area (Å²) in [5, 5.41) is 0. The van der Waals surface area contributed by atoms with Crippen LogP contribution in [0.3, 0.4) is 0 Å². The number of benzene rings is 1. The van der Waals surface area contributed by atoms with Gasteiger partial charge in [-0.2, -0.15) is 4.98 Å². The number of nitrogens with one attached hydrogen (secondary N) is 1. The van der Waals surface area contributed by atoms with Gasteiger partial charge in [-0.3, -0.25) is 4.79 Å². The molecule has 6 nitrogen and oxygen atoms in total. The second-order valence-electron chi connectivity index (χ2n) is 6.79. The van der Waals surface area contributed by atoms with E-state index in [0.29, 0.717) is 25.4 Å². The third kappa shape index (κ3) is 4.47. The van der Waals surface area contributed by atoms with Gasteiger partial charge in [-0.05, 0) is 30.5 Å². The van der Waals surface area contributed by atoms with Crippen molar-refractivity contribution in [2.75, 3.05) is 13.1 Å². The first kappa shape index (κ1) is 17.2. The molecule has 132 valence electrons. The molecule has 0 spiro atoms. The second-order valence-corrected chi connectivity index (χ2v) is 6.79. The number of aromatic amines is 1. The van der Waals surface area contributed by atoms with Gasteiger partial charge in [0.1, 0.15) is 17.5 Å². The Hall–Kier alpha value is -2.63. The van der Waals surface area contributed by atoms with Gasteiger partial charge in [-0.25, -0.2) is 4.79 Å². The number of hydrogen-bond acceptors (Lipinski definition) is 4. The van der Waals surface area contributed by atoms with Crippen molar-refractivity contribution in [1.29, 1.82) is 0 Å². The molecular formula is C19H23N3O3. The zero-order valence-electron chi connectivity index (χ0n) is 14.6. The molecule has 0 saturated carbocycles. The van der Waals surface area contributed by atoms with Crippen LogP contribution in [0.2, 0.25) is 0 Å². The summed E-state index contributed by atoms with van der Waals surface area (Å²) in [5.74, 6) is 0.974. The van der Waals surface area contributed by atoms with E-state index in [1.54, 1.807) is 11.0 Å². The normalized spacial score (nSPS) is 17.1. The zero-order chi connectivity index (χ0) is 17.8. The average molecular weight is 341 g/mol. The maximum Gasteiger partial charge on any atom is 0.345 e. The minimum Gasteiger partial charge on any atom is -0.489 e. The van der Waals surface area contributed by atoms with Crippen LogP contribution >= 0.6 is 0 Å². The fraction of sp³-hybridized carbons (Fsp3) is 0.421. The van der Waals surface area contributed by atoms with E-state index in [1.807, 2.05) is 30.3 Å². The average Bonchev–Trinajstić information content (AvgIpc) is 3.02. The number of amides is 1. The quantitative estimate of drug-likeness (QED) is 0.905. The van der Waals surface area contributed by atoms with Gasteiger partial charge in [0.2, 0.25) is 0 Å². The standard InChI is InChI=1S/C19H23N3O3/c1-13(2)10-14-11-17(21-19(24)20-14)18(23)22-9-8-16(12-22)25-15-6-4-3-5-7-15/h3-7,11,13,16H,8-10,12H2,1-2H3,(H,20,21,24). The van der Waals surface area contributed by atoms with Crippen molar-refractivity contribution in [2.45, 2.75) is 32.8 Å². The molecule has 1 aliphatic heterocycles. The number of rotatable bonds is 5. The Labute approximate surface area is 146 Å². The third-order valence-electron chi connectivity index (χ3n) is 4.13. The Kier molecular flexibility index (Phi) is 5.16. The first-order valence-corrected chi connectivity index (χ1v) is 8.62. The highest BCUT2D eigenvalue weighted by Crippen LogP contribution is 2.19. The van der Waals surface area contributed by atoms with Crippen molar-refractivity contribution in [1.82, 2.24) is 14.9 Å². The summed E-state index contributed by atoms with van der Waals surface area (Å²) < 4.78 is 5.91. The lowest BCUT2D eigenvalue weighted by molar-refractivity contribution is 0.0766. The van der Waals surface area contributed by atoms with E-state index in [4.69, 9.17) is 4.74 Å². The van der Waals surface area contributed by atoms with Crippen molar-refractivity contribution in [3.63, 3.8) is 0 Å². The van der Waals surface area contributed by atoms with Crippen molar-refractivity contribution >= 4 is 5.91 Å². The van der Waals surface area contributed by atoms with Gasteiger partial charge >= 0.3 is 5.69 Å². The number of carbonyl (C=O) groups excluding carboxylic acids is 1. The van der Waals surface area contributed by atoms with Crippen molar-refractivity contribution in [3.05, 3.63) is 58.3 Å². The molecule has 1 aromatic heterocycles. The molecule has 1 unspecified atom stereocenters. The number of carbonyl (C=O) groups is 1. The zero-order valence-corrected chi connectivity index (χ0v) is 14.6. The van der Waals surface area contributed by atoms with E-state index in [1.165, 1.54) is 0 Å². The molecule has 1 saturated heterocycles. The van der Waals surface area contributed by atoms with Crippen LogP contribution in [0.25, 0.3) is 0 Å². The first-order valence-electron chi connectivity index (χ1n) is 8.62. The Bertz CT molecular complexity index is 786. The van der Waals surface area contributed by atoms with Crippen LogP contribution in [0.1, 0.15) is 36.5 Å². The molecule has 1 aliphatic rings. The van der Waals surface area contributed by atoms with E-state index in [2.05, 4.69) is 23.8 Å². The molecule has 2 heterocycles. The van der Waals surface area contributed by atoms with Gasteiger partial charge < -0.3 is 14.6 Å². The Morgan fingerprint density at radius 3 is 2.84 bits per heavy atom. The second kappa shape index (κ2) is 7.51. The molecule has 1 fully saturated rings. The number of H-pyrrole nitrogens is 1. The number of para-hydroxylation sites is 1. The van der Waals surface area contributed by atoms with E-state index in [9.17, 15) is 9.59 Å². The van der Waals surface area contributed by atoms with E-state index in [-0.39, 0.29) is 17.7 Å². The summed E-state index contributed by atoms with van der Waals surface area (Å²) in [6.07, 6.45) is 1.43. The summed E-state index contributed by atoms with van der Waals surface area (Å²) in [5.41, 5.74) is 0.479. The van der Waals surface area contributed by atoms with Crippen LogP contribution in [0.5, 0.6) is 5.75 Å². The number of hydrogen-bond donors (Lipinski definition) is 1. The summed E-state index contributed by atoms with van der Waals surface area (Å²) in [6, 6.07) is 11.3. The van der Waals surface area contributed by atoms with E-state index < -0.39 is 5.69 Å². The molecule has 1 N–H and O–H groups in total. The maximum absolute atomic E-state index is 12.7. The molecule has 1 aromatic carbocycles. The highest BCUT2D eigenvalue weighted by Gasteiger charge is 2.29. The maximum atomic E-state index is 12.7. The predicted molar refractivity (Wildman–Crippen MR) is 94.8 cm³/mol. The SMILES string of the molecule is CC(C)Cc1cc(C(=O)N2CCC(Oc3ccccc3)C2)nc(=O)[nH]1. The van der Waals surface area contributed by atoms with Crippen LogP contribution in [0, 0.1) is 5.92 Å². The molecule has 2 aromatic rings. The summed E-state index contributed by atoms with van der Waals surface area (Å²) in [4.78, 5) is 32.7. The largest absolute Gasteiger partial charge is 0.489 e. The summed E-state index contributed by atoms with van der Waals surface area (Å²) in [7, 11) is 0. The molecule has 1 amide bonds. The van der Waals surface area contributed by atoms with Gasteiger partial charge in [0.25, 0.3) is 5.91 Å². The Morgan fingerprint density at radius 2 is 2.12 bits per heavy atom. The first-order chi connectivity index (χ1) is 12.0. The minimum absolute atomic E-state index is 0.0384. The van der Waals surface area contributed by atoms with Gasteiger partial charge in [-0.1, -0.05) is 32.0 Å². The highest BCUT2D eigenvalue weighted by atomic mass is 16.5. The van der Waals surface area contributed by atoms with Crippen LogP contribution in [0.15, 0.2) is 41.2 Å². The van der Waals surface area contributed by atoms with Crippen molar-refractivity contribution in [2.24, 2.45) is 5.92 Å². The van der Waals surface area contributed by atoms with Gasteiger partial charge in [0, 0.05) is 18.7 Å². The topological polar surface area (TPSA) is 75.3 Å².